The third-order valence-corrected chi connectivity index (χ3v) is 3.31. The molecular weight excluding hydrogens is 325 g/mol. The van der Waals surface area contributed by atoms with Gasteiger partial charge in [-0.2, -0.15) is 0 Å². The minimum Gasteiger partial charge on any atom is -0.372 e. The van der Waals surface area contributed by atoms with Crippen LogP contribution in [0.2, 0.25) is 0 Å². The van der Waals surface area contributed by atoms with Crippen molar-refractivity contribution in [3.8, 4) is 0 Å². The Morgan fingerprint density at radius 2 is 2.20 bits per heavy atom. The summed E-state index contributed by atoms with van der Waals surface area (Å²) < 4.78 is 16.4. The number of benzene rings is 1. The Balaban J connectivity index is 2.07. The van der Waals surface area contributed by atoms with Gasteiger partial charge in [-0.1, -0.05) is 15.9 Å². The largest absolute Gasteiger partial charge is 0.372 e. The Hall–Kier alpha value is -2.15. The zero-order chi connectivity index (χ0) is 14.1. The minimum absolute atomic E-state index is 0.346. The second-order valence-electron chi connectivity index (χ2n) is 4.13. The van der Waals surface area contributed by atoms with Gasteiger partial charge in [0.05, 0.1) is 11.9 Å². The molecule has 2 heterocycles. The molecule has 2 N–H and O–H groups in total. The third-order valence-electron chi connectivity index (χ3n) is 2.81. The highest BCUT2D eigenvalue weighted by molar-refractivity contribution is 9.10. The first kappa shape index (κ1) is 12.9. The van der Waals surface area contributed by atoms with E-state index in [1.807, 2.05) is 10.6 Å². The number of fused-ring (bicyclic) bond motifs is 1. The lowest BCUT2D eigenvalue weighted by atomic mass is 10.3. The van der Waals surface area contributed by atoms with Crippen LogP contribution < -0.4 is 10.6 Å². The van der Waals surface area contributed by atoms with Crippen LogP contribution in [0.1, 0.15) is 0 Å². The SMILES string of the molecule is CNc1cn2ccnc2c(Nc2ccc(Br)cc2F)n1. The molecule has 0 bridgehead atoms. The van der Waals surface area contributed by atoms with Crippen LogP contribution in [0.15, 0.2) is 41.3 Å². The average Bonchev–Trinajstić information content (AvgIpc) is 2.90. The maximum Gasteiger partial charge on any atom is 0.180 e. The number of anilines is 3. The molecule has 1 aromatic carbocycles. The van der Waals surface area contributed by atoms with Crippen LogP contribution >= 0.6 is 15.9 Å². The summed E-state index contributed by atoms with van der Waals surface area (Å²) in [5.41, 5.74) is 0.977. The molecule has 3 rings (SSSR count). The Kier molecular flexibility index (Phi) is 3.27. The van der Waals surface area contributed by atoms with Gasteiger partial charge in [-0.15, -0.1) is 0 Å². The molecule has 0 aliphatic carbocycles. The van der Waals surface area contributed by atoms with Crippen molar-refractivity contribution in [3.05, 3.63) is 47.1 Å². The molecule has 0 radical (unpaired) electrons. The highest BCUT2D eigenvalue weighted by atomic mass is 79.9. The van der Waals surface area contributed by atoms with Crippen molar-refractivity contribution in [1.29, 1.82) is 0 Å². The molecule has 0 atom stereocenters. The van der Waals surface area contributed by atoms with Gasteiger partial charge >= 0.3 is 0 Å². The number of halogens is 2. The Morgan fingerprint density at radius 3 is 2.95 bits per heavy atom. The highest BCUT2D eigenvalue weighted by Crippen LogP contribution is 2.25. The molecule has 0 fully saturated rings. The van der Waals surface area contributed by atoms with Crippen molar-refractivity contribution in [3.63, 3.8) is 0 Å². The Labute approximate surface area is 123 Å². The van der Waals surface area contributed by atoms with E-state index in [1.54, 1.807) is 31.6 Å². The predicted molar refractivity (Wildman–Crippen MR) is 79.9 cm³/mol. The predicted octanol–water partition coefficient (Wildman–Crippen LogP) is 3.42. The normalized spacial score (nSPS) is 10.8. The summed E-state index contributed by atoms with van der Waals surface area (Å²) in [4.78, 5) is 8.58. The van der Waals surface area contributed by atoms with Crippen LogP contribution in [0.4, 0.5) is 21.7 Å². The summed E-state index contributed by atoms with van der Waals surface area (Å²) in [7, 11) is 1.77. The number of hydrogen-bond donors (Lipinski definition) is 2. The summed E-state index contributed by atoms with van der Waals surface area (Å²) in [5.74, 6) is 0.791. The monoisotopic (exact) mass is 335 g/mol. The second kappa shape index (κ2) is 5.09. The minimum atomic E-state index is -0.360. The molecule has 0 saturated carbocycles. The molecule has 3 aromatic rings. The zero-order valence-corrected chi connectivity index (χ0v) is 12.1. The summed E-state index contributed by atoms with van der Waals surface area (Å²) >= 11 is 3.23. The van der Waals surface area contributed by atoms with Crippen LogP contribution in [-0.4, -0.2) is 21.4 Å². The van der Waals surface area contributed by atoms with Crippen molar-refractivity contribution >= 4 is 38.9 Å². The first-order valence-electron chi connectivity index (χ1n) is 5.91. The third kappa shape index (κ3) is 2.32. The van der Waals surface area contributed by atoms with E-state index in [4.69, 9.17) is 0 Å². The lowest BCUT2D eigenvalue weighted by Gasteiger charge is -2.10. The Morgan fingerprint density at radius 1 is 1.35 bits per heavy atom. The number of imidazole rings is 1. The van der Waals surface area contributed by atoms with Gasteiger partial charge < -0.3 is 15.0 Å². The summed E-state index contributed by atoms with van der Waals surface area (Å²) in [5, 5.41) is 5.93. The smallest absolute Gasteiger partial charge is 0.180 e. The molecule has 0 saturated heterocycles. The lowest BCUT2D eigenvalue weighted by Crippen LogP contribution is -2.03. The number of hydrogen-bond acceptors (Lipinski definition) is 4. The summed E-state index contributed by atoms with van der Waals surface area (Å²) in [6.07, 6.45) is 5.28. The summed E-state index contributed by atoms with van der Waals surface area (Å²) in [6, 6.07) is 4.80. The fourth-order valence-corrected chi connectivity index (χ4v) is 2.19. The van der Waals surface area contributed by atoms with Crippen molar-refractivity contribution in [2.45, 2.75) is 0 Å². The zero-order valence-electron chi connectivity index (χ0n) is 10.6. The fraction of sp³-hybridized carbons (Fsp3) is 0.0769. The lowest BCUT2D eigenvalue weighted by molar-refractivity contribution is 0.631. The van der Waals surface area contributed by atoms with Crippen LogP contribution in [0, 0.1) is 5.82 Å². The van der Waals surface area contributed by atoms with E-state index >= 15 is 0 Å². The molecule has 7 heteroatoms. The van der Waals surface area contributed by atoms with E-state index in [9.17, 15) is 4.39 Å². The van der Waals surface area contributed by atoms with E-state index in [2.05, 4.69) is 36.5 Å². The maximum absolute atomic E-state index is 13.9. The van der Waals surface area contributed by atoms with E-state index in [-0.39, 0.29) is 5.82 Å². The molecule has 0 unspecified atom stereocenters. The van der Waals surface area contributed by atoms with Crippen molar-refractivity contribution in [2.75, 3.05) is 17.7 Å². The Bertz CT molecular complexity index is 771. The number of nitrogens with zero attached hydrogens (tertiary/aromatic N) is 3. The van der Waals surface area contributed by atoms with Crippen molar-refractivity contribution < 1.29 is 4.39 Å². The molecule has 20 heavy (non-hydrogen) atoms. The summed E-state index contributed by atoms with van der Waals surface area (Å²) in [6.45, 7) is 0. The molecule has 0 spiro atoms. The molecule has 0 aliphatic heterocycles. The van der Waals surface area contributed by atoms with Crippen LogP contribution in [-0.2, 0) is 0 Å². The van der Waals surface area contributed by atoms with Crippen LogP contribution in [0.25, 0.3) is 5.65 Å². The van der Waals surface area contributed by atoms with Gasteiger partial charge in [-0.25, -0.2) is 14.4 Å². The van der Waals surface area contributed by atoms with E-state index in [0.29, 0.717) is 27.4 Å². The standard InChI is InChI=1S/C13H11BrFN5/c1-16-11-7-20-5-4-17-13(20)12(19-11)18-10-3-2-8(14)6-9(10)15/h2-7,16H,1H3,(H,18,19). The van der Waals surface area contributed by atoms with E-state index in [0.717, 1.165) is 0 Å². The fourth-order valence-electron chi connectivity index (χ4n) is 1.85. The van der Waals surface area contributed by atoms with E-state index < -0.39 is 0 Å². The van der Waals surface area contributed by atoms with Crippen LogP contribution in [0.5, 0.6) is 0 Å². The number of nitrogens with one attached hydrogen (secondary N) is 2. The van der Waals surface area contributed by atoms with Crippen molar-refractivity contribution in [2.24, 2.45) is 0 Å². The number of rotatable bonds is 3. The molecule has 0 aliphatic rings. The van der Waals surface area contributed by atoms with Gasteiger partial charge in [0.25, 0.3) is 0 Å². The molecule has 5 nitrogen and oxygen atoms in total. The van der Waals surface area contributed by atoms with E-state index in [1.165, 1.54) is 6.07 Å². The second-order valence-corrected chi connectivity index (χ2v) is 5.05. The highest BCUT2D eigenvalue weighted by Gasteiger charge is 2.10. The average molecular weight is 336 g/mol. The van der Waals surface area contributed by atoms with Crippen LogP contribution in [0.3, 0.4) is 0 Å². The molecular formula is C13H11BrFN5. The van der Waals surface area contributed by atoms with Gasteiger partial charge in [-0.05, 0) is 18.2 Å². The molecule has 102 valence electrons. The van der Waals surface area contributed by atoms with Gasteiger partial charge in [0.1, 0.15) is 11.6 Å². The first-order valence-corrected chi connectivity index (χ1v) is 6.70. The quantitative estimate of drug-likeness (QED) is 0.770. The van der Waals surface area contributed by atoms with Crippen molar-refractivity contribution in [1.82, 2.24) is 14.4 Å². The first-order chi connectivity index (χ1) is 9.67. The number of aromatic nitrogens is 3. The van der Waals surface area contributed by atoms with Gasteiger partial charge in [0, 0.05) is 23.9 Å². The maximum atomic E-state index is 13.9. The van der Waals surface area contributed by atoms with Gasteiger partial charge in [0.15, 0.2) is 11.5 Å². The molecule has 0 amide bonds. The topological polar surface area (TPSA) is 54.2 Å². The van der Waals surface area contributed by atoms with Gasteiger partial charge in [0.2, 0.25) is 0 Å². The van der Waals surface area contributed by atoms with Gasteiger partial charge in [-0.3, -0.25) is 0 Å². The molecule has 2 aromatic heterocycles.